The molecule has 0 fully saturated rings. The van der Waals surface area contributed by atoms with E-state index in [0.29, 0.717) is 6.42 Å². The third-order valence-electron chi connectivity index (χ3n) is 3.37. The van der Waals surface area contributed by atoms with E-state index in [1.807, 2.05) is 12.1 Å². The molecule has 2 N–H and O–H groups in total. The highest BCUT2D eigenvalue weighted by Gasteiger charge is 2.00. The van der Waals surface area contributed by atoms with Gasteiger partial charge in [0, 0.05) is 32.5 Å². The molecule has 0 atom stereocenters. The molecule has 1 rings (SSSR count). The van der Waals surface area contributed by atoms with Gasteiger partial charge in [-0.25, -0.2) is 0 Å². The van der Waals surface area contributed by atoms with Crippen LogP contribution in [-0.4, -0.2) is 38.7 Å². The van der Waals surface area contributed by atoms with Gasteiger partial charge in [0.15, 0.2) is 5.96 Å². The molecule has 0 saturated carbocycles. The van der Waals surface area contributed by atoms with E-state index in [9.17, 15) is 4.79 Å². The van der Waals surface area contributed by atoms with Crippen LogP contribution < -0.4 is 10.6 Å². The van der Waals surface area contributed by atoms with Gasteiger partial charge in [0.2, 0.25) is 0 Å². The zero-order valence-electron chi connectivity index (χ0n) is 14.7. The number of guanidine groups is 1. The van der Waals surface area contributed by atoms with Gasteiger partial charge in [0.1, 0.15) is 5.76 Å². The first kappa shape index (κ1) is 22.8. The molecule has 24 heavy (non-hydrogen) atoms. The zero-order chi connectivity index (χ0) is 16.8. The van der Waals surface area contributed by atoms with Crippen molar-refractivity contribution in [1.82, 2.24) is 10.6 Å². The van der Waals surface area contributed by atoms with E-state index in [0.717, 1.165) is 63.5 Å². The average molecular weight is 451 g/mol. The lowest BCUT2D eigenvalue weighted by Gasteiger charge is -2.10. The first-order valence-corrected chi connectivity index (χ1v) is 8.37. The summed E-state index contributed by atoms with van der Waals surface area (Å²) in [5.41, 5.74) is 0. The minimum absolute atomic E-state index is 0. The number of carbonyl (C=O) groups is 1. The molecule has 6 nitrogen and oxygen atoms in total. The molecule has 0 aliphatic rings. The summed E-state index contributed by atoms with van der Waals surface area (Å²) in [5.74, 6) is 1.69. The first-order valence-electron chi connectivity index (χ1n) is 8.37. The van der Waals surface area contributed by atoms with Crippen molar-refractivity contribution in [2.45, 2.75) is 45.4 Å². The Morgan fingerprint density at radius 2 is 2.04 bits per heavy atom. The van der Waals surface area contributed by atoms with Crippen molar-refractivity contribution in [2.75, 3.05) is 26.7 Å². The second kappa shape index (κ2) is 15.3. The summed E-state index contributed by atoms with van der Waals surface area (Å²) in [6.07, 6.45) is 7.06. The van der Waals surface area contributed by atoms with Gasteiger partial charge in [-0.05, 0) is 31.9 Å². The SMILES string of the molecule is CCNC(=NCCCCCCC(=O)OC)NCCc1ccco1.I. The highest BCUT2D eigenvalue weighted by atomic mass is 127. The number of nitrogens with one attached hydrogen (secondary N) is 2. The molecule has 0 unspecified atom stereocenters. The number of esters is 1. The third kappa shape index (κ3) is 11.3. The van der Waals surface area contributed by atoms with E-state index in [2.05, 4.69) is 27.3 Å². The molecule has 0 aliphatic heterocycles. The third-order valence-corrected chi connectivity index (χ3v) is 3.37. The van der Waals surface area contributed by atoms with Crippen LogP contribution in [0.3, 0.4) is 0 Å². The van der Waals surface area contributed by atoms with Gasteiger partial charge in [0.25, 0.3) is 0 Å². The van der Waals surface area contributed by atoms with Gasteiger partial charge in [-0.2, -0.15) is 0 Å². The maximum absolute atomic E-state index is 11.0. The minimum Gasteiger partial charge on any atom is -0.469 e. The molecule has 0 radical (unpaired) electrons. The lowest BCUT2D eigenvalue weighted by Crippen LogP contribution is -2.38. The maximum Gasteiger partial charge on any atom is 0.305 e. The van der Waals surface area contributed by atoms with Crippen LogP contribution in [0.25, 0.3) is 0 Å². The van der Waals surface area contributed by atoms with Crippen molar-refractivity contribution in [2.24, 2.45) is 4.99 Å². The second-order valence-corrected chi connectivity index (χ2v) is 5.26. The molecule has 1 aromatic heterocycles. The number of nitrogens with zero attached hydrogens (tertiary/aromatic N) is 1. The lowest BCUT2D eigenvalue weighted by molar-refractivity contribution is -0.140. The summed E-state index contributed by atoms with van der Waals surface area (Å²) in [6.45, 7) is 4.47. The molecule has 1 aromatic rings. The number of hydrogen-bond donors (Lipinski definition) is 2. The Balaban J connectivity index is 0.00000529. The van der Waals surface area contributed by atoms with Crippen molar-refractivity contribution < 1.29 is 13.9 Å². The largest absolute Gasteiger partial charge is 0.469 e. The van der Waals surface area contributed by atoms with E-state index >= 15 is 0 Å². The number of unbranched alkanes of at least 4 members (excludes halogenated alkanes) is 3. The summed E-state index contributed by atoms with van der Waals surface area (Å²) >= 11 is 0. The summed E-state index contributed by atoms with van der Waals surface area (Å²) in [5, 5.41) is 6.54. The topological polar surface area (TPSA) is 75.9 Å². The van der Waals surface area contributed by atoms with Crippen LogP contribution >= 0.6 is 24.0 Å². The van der Waals surface area contributed by atoms with Gasteiger partial charge >= 0.3 is 5.97 Å². The molecule has 138 valence electrons. The summed E-state index contributed by atoms with van der Waals surface area (Å²) in [7, 11) is 1.43. The minimum atomic E-state index is -0.127. The predicted molar refractivity (Wildman–Crippen MR) is 107 cm³/mol. The van der Waals surface area contributed by atoms with Crippen molar-refractivity contribution in [3.05, 3.63) is 24.2 Å². The van der Waals surface area contributed by atoms with Crippen LogP contribution in [0.4, 0.5) is 0 Å². The van der Waals surface area contributed by atoms with E-state index < -0.39 is 0 Å². The Hall–Kier alpha value is -1.25. The predicted octanol–water partition coefficient (Wildman–Crippen LogP) is 3.12. The van der Waals surface area contributed by atoms with E-state index in [1.165, 1.54) is 7.11 Å². The molecule has 7 heteroatoms. The molecular weight excluding hydrogens is 421 g/mol. The molecule has 0 spiro atoms. The number of halogens is 1. The Morgan fingerprint density at radius 3 is 2.71 bits per heavy atom. The highest BCUT2D eigenvalue weighted by molar-refractivity contribution is 14.0. The van der Waals surface area contributed by atoms with Crippen molar-refractivity contribution in [3.63, 3.8) is 0 Å². The second-order valence-electron chi connectivity index (χ2n) is 5.26. The Morgan fingerprint density at radius 1 is 1.25 bits per heavy atom. The van der Waals surface area contributed by atoms with Crippen LogP contribution in [0, 0.1) is 0 Å². The van der Waals surface area contributed by atoms with Gasteiger partial charge in [-0.3, -0.25) is 9.79 Å². The van der Waals surface area contributed by atoms with E-state index in [1.54, 1.807) is 6.26 Å². The van der Waals surface area contributed by atoms with Crippen molar-refractivity contribution >= 4 is 35.9 Å². The normalized spacial score (nSPS) is 10.8. The summed E-state index contributed by atoms with van der Waals surface area (Å²) in [6, 6.07) is 3.87. The number of furan rings is 1. The highest BCUT2D eigenvalue weighted by Crippen LogP contribution is 2.04. The number of hydrogen-bond acceptors (Lipinski definition) is 4. The van der Waals surface area contributed by atoms with Gasteiger partial charge in [-0.15, -0.1) is 24.0 Å². The number of methoxy groups -OCH3 is 1. The van der Waals surface area contributed by atoms with Gasteiger partial charge in [-0.1, -0.05) is 12.8 Å². The molecule has 0 bridgehead atoms. The van der Waals surface area contributed by atoms with Crippen molar-refractivity contribution in [1.29, 1.82) is 0 Å². The van der Waals surface area contributed by atoms with E-state index in [4.69, 9.17) is 4.42 Å². The monoisotopic (exact) mass is 451 g/mol. The van der Waals surface area contributed by atoms with Crippen LogP contribution in [0.2, 0.25) is 0 Å². The number of ether oxygens (including phenoxy) is 1. The Kier molecular flexibility index (Phi) is 14.5. The van der Waals surface area contributed by atoms with Crippen LogP contribution in [0.15, 0.2) is 27.8 Å². The smallest absolute Gasteiger partial charge is 0.305 e. The number of carbonyl (C=O) groups excluding carboxylic acids is 1. The fourth-order valence-electron chi connectivity index (χ4n) is 2.13. The lowest BCUT2D eigenvalue weighted by atomic mass is 10.1. The van der Waals surface area contributed by atoms with Crippen LogP contribution in [-0.2, 0) is 16.0 Å². The molecule has 0 aromatic carbocycles. The van der Waals surface area contributed by atoms with Gasteiger partial charge in [0.05, 0.1) is 13.4 Å². The van der Waals surface area contributed by atoms with Crippen LogP contribution in [0.5, 0.6) is 0 Å². The Labute approximate surface area is 161 Å². The molecule has 0 saturated heterocycles. The summed E-state index contributed by atoms with van der Waals surface area (Å²) in [4.78, 5) is 15.5. The molecule has 0 amide bonds. The first-order chi connectivity index (χ1) is 11.3. The van der Waals surface area contributed by atoms with Crippen LogP contribution in [0.1, 0.15) is 44.8 Å². The maximum atomic E-state index is 11.0. The number of rotatable bonds is 11. The quantitative estimate of drug-likeness (QED) is 0.178. The number of aliphatic imine (C=N–C) groups is 1. The zero-order valence-corrected chi connectivity index (χ0v) is 17.0. The molecular formula is C17H30IN3O3. The molecule has 0 aliphatic carbocycles. The fraction of sp³-hybridized carbons (Fsp3) is 0.647. The average Bonchev–Trinajstić information content (AvgIpc) is 3.07. The Bertz CT molecular complexity index is 450. The molecule has 1 heterocycles. The van der Waals surface area contributed by atoms with Gasteiger partial charge < -0.3 is 19.8 Å². The van der Waals surface area contributed by atoms with E-state index in [-0.39, 0.29) is 29.9 Å². The standard InChI is InChI=1S/C17H29N3O3.HI/c1-3-18-17(20-13-11-15-9-8-14-23-15)19-12-7-5-4-6-10-16(21)22-2;/h8-9,14H,3-7,10-13H2,1-2H3,(H2,18,19,20);1H. The fourth-order valence-corrected chi connectivity index (χ4v) is 2.13. The summed E-state index contributed by atoms with van der Waals surface area (Å²) < 4.78 is 9.92. The van der Waals surface area contributed by atoms with Crippen molar-refractivity contribution in [3.8, 4) is 0 Å².